The van der Waals surface area contributed by atoms with E-state index in [1.807, 2.05) is 0 Å². The molecule has 1 rings (SSSR count). The molecule has 120 valence electrons. The van der Waals surface area contributed by atoms with Crippen LogP contribution in [0.15, 0.2) is 0 Å². The Morgan fingerprint density at radius 2 is 1.55 bits per heavy atom. The molecule has 1 fully saturated rings. The normalized spacial score (nSPS) is 17.9. The van der Waals surface area contributed by atoms with Crippen LogP contribution in [0.5, 0.6) is 0 Å². The minimum absolute atomic E-state index is 0.796. The summed E-state index contributed by atoms with van der Waals surface area (Å²) in [6.07, 6.45) is 6.76. The third kappa shape index (κ3) is 7.08. The van der Waals surface area contributed by atoms with Crippen LogP contribution in [0.1, 0.15) is 66.7 Å². The lowest BCUT2D eigenvalue weighted by Crippen LogP contribution is -2.43. The summed E-state index contributed by atoms with van der Waals surface area (Å²) in [5.41, 5.74) is 0. The van der Waals surface area contributed by atoms with E-state index in [9.17, 15) is 0 Å². The zero-order valence-electron chi connectivity index (χ0n) is 14.6. The Hall–Kier alpha value is -0.0800. The van der Waals surface area contributed by atoms with E-state index in [0.717, 1.165) is 23.8 Å². The number of piperidine rings is 1. The van der Waals surface area contributed by atoms with Crippen LogP contribution in [0, 0.1) is 17.8 Å². The zero-order chi connectivity index (χ0) is 15.0. The second kappa shape index (κ2) is 9.78. The molecule has 0 radical (unpaired) electrons. The topological polar surface area (TPSA) is 15.3 Å². The molecule has 1 aliphatic heterocycles. The van der Waals surface area contributed by atoms with Crippen molar-refractivity contribution in [2.45, 2.75) is 72.8 Å². The molecule has 1 heterocycles. The summed E-state index contributed by atoms with van der Waals surface area (Å²) in [5, 5.41) is 3.50. The Morgan fingerprint density at radius 1 is 1.00 bits per heavy atom. The molecule has 0 spiro atoms. The van der Waals surface area contributed by atoms with Crippen LogP contribution in [-0.2, 0) is 0 Å². The predicted molar refractivity (Wildman–Crippen MR) is 90.2 cm³/mol. The average molecular weight is 283 g/mol. The molecule has 0 amide bonds. The molecule has 2 heteroatoms. The summed E-state index contributed by atoms with van der Waals surface area (Å²) < 4.78 is 0. The maximum atomic E-state index is 3.50. The summed E-state index contributed by atoms with van der Waals surface area (Å²) in [5.74, 6) is 2.54. The van der Waals surface area contributed by atoms with Crippen LogP contribution in [0.2, 0.25) is 0 Å². The molecule has 0 unspecified atom stereocenters. The van der Waals surface area contributed by atoms with Gasteiger partial charge in [0, 0.05) is 12.6 Å². The van der Waals surface area contributed by atoms with Crippen LogP contribution in [0.3, 0.4) is 0 Å². The standard InChI is InChI=1S/C18H38N2/c1-6-11-20(14-17-7-9-19-10-8-17)18(12-15(2)3)13-16(4)5/h15-19H,6-14H2,1-5H3. The van der Waals surface area contributed by atoms with Crippen molar-refractivity contribution >= 4 is 0 Å². The van der Waals surface area contributed by atoms with E-state index in [2.05, 4.69) is 44.8 Å². The minimum atomic E-state index is 0.796. The van der Waals surface area contributed by atoms with Gasteiger partial charge in [0.15, 0.2) is 0 Å². The minimum Gasteiger partial charge on any atom is -0.317 e. The Labute approximate surface area is 127 Å². The first-order chi connectivity index (χ1) is 9.52. The van der Waals surface area contributed by atoms with Gasteiger partial charge in [-0.1, -0.05) is 34.6 Å². The molecular formula is C18H38N2. The van der Waals surface area contributed by atoms with E-state index in [1.54, 1.807) is 0 Å². The second-order valence-corrected chi connectivity index (χ2v) is 7.60. The van der Waals surface area contributed by atoms with Gasteiger partial charge in [0.1, 0.15) is 0 Å². The third-order valence-corrected chi connectivity index (χ3v) is 4.47. The predicted octanol–water partition coefficient (Wildman–Crippen LogP) is 4.16. The first kappa shape index (κ1) is 18.0. The van der Waals surface area contributed by atoms with Crippen molar-refractivity contribution in [2.75, 3.05) is 26.2 Å². The number of hydrogen-bond donors (Lipinski definition) is 1. The van der Waals surface area contributed by atoms with Crippen molar-refractivity contribution < 1.29 is 0 Å². The van der Waals surface area contributed by atoms with Gasteiger partial charge in [-0.15, -0.1) is 0 Å². The monoisotopic (exact) mass is 282 g/mol. The highest BCUT2D eigenvalue weighted by Crippen LogP contribution is 2.23. The maximum Gasteiger partial charge on any atom is 0.0100 e. The third-order valence-electron chi connectivity index (χ3n) is 4.47. The van der Waals surface area contributed by atoms with Gasteiger partial charge in [0.2, 0.25) is 0 Å². The summed E-state index contributed by atoms with van der Waals surface area (Å²) >= 11 is 0. The van der Waals surface area contributed by atoms with Gasteiger partial charge in [-0.25, -0.2) is 0 Å². The number of rotatable bonds is 9. The van der Waals surface area contributed by atoms with Gasteiger partial charge in [0.05, 0.1) is 0 Å². The molecule has 0 bridgehead atoms. The molecule has 0 aliphatic carbocycles. The zero-order valence-corrected chi connectivity index (χ0v) is 14.6. The Kier molecular flexibility index (Phi) is 8.79. The highest BCUT2D eigenvalue weighted by Gasteiger charge is 2.24. The van der Waals surface area contributed by atoms with E-state index in [0.29, 0.717) is 0 Å². The molecule has 2 nitrogen and oxygen atoms in total. The molecule has 1 saturated heterocycles. The first-order valence-corrected chi connectivity index (χ1v) is 8.97. The van der Waals surface area contributed by atoms with Crippen LogP contribution in [-0.4, -0.2) is 37.1 Å². The molecule has 0 saturated carbocycles. The largest absolute Gasteiger partial charge is 0.317 e. The van der Waals surface area contributed by atoms with Gasteiger partial charge in [0.25, 0.3) is 0 Å². The smallest absolute Gasteiger partial charge is 0.0100 e. The summed E-state index contributed by atoms with van der Waals surface area (Å²) in [7, 11) is 0. The number of hydrogen-bond acceptors (Lipinski definition) is 2. The molecule has 0 aromatic carbocycles. The fourth-order valence-corrected chi connectivity index (χ4v) is 3.59. The highest BCUT2D eigenvalue weighted by molar-refractivity contribution is 4.79. The van der Waals surface area contributed by atoms with Gasteiger partial charge in [-0.2, -0.15) is 0 Å². The Bertz CT molecular complexity index is 222. The first-order valence-electron chi connectivity index (χ1n) is 8.97. The van der Waals surface area contributed by atoms with Crippen LogP contribution in [0.25, 0.3) is 0 Å². The van der Waals surface area contributed by atoms with Crippen molar-refractivity contribution in [3.05, 3.63) is 0 Å². The molecule has 20 heavy (non-hydrogen) atoms. The van der Waals surface area contributed by atoms with Crippen LogP contribution in [0.4, 0.5) is 0 Å². The molecular weight excluding hydrogens is 244 g/mol. The maximum absolute atomic E-state index is 3.50. The molecule has 0 aromatic rings. The lowest BCUT2D eigenvalue weighted by Gasteiger charge is -2.37. The fraction of sp³-hybridized carbons (Fsp3) is 1.00. The average Bonchev–Trinajstić information content (AvgIpc) is 2.37. The quantitative estimate of drug-likeness (QED) is 0.683. The van der Waals surface area contributed by atoms with E-state index >= 15 is 0 Å². The van der Waals surface area contributed by atoms with Crippen LogP contribution < -0.4 is 5.32 Å². The van der Waals surface area contributed by atoms with Crippen molar-refractivity contribution in [1.29, 1.82) is 0 Å². The molecule has 0 aromatic heterocycles. The SMILES string of the molecule is CCCN(CC1CCNCC1)C(CC(C)C)CC(C)C. The van der Waals surface area contributed by atoms with E-state index < -0.39 is 0 Å². The van der Waals surface area contributed by atoms with Gasteiger partial charge < -0.3 is 10.2 Å². The highest BCUT2D eigenvalue weighted by atomic mass is 15.2. The van der Waals surface area contributed by atoms with Gasteiger partial charge >= 0.3 is 0 Å². The van der Waals surface area contributed by atoms with Crippen LogP contribution >= 0.6 is 0 Å². The van der Waals surface area contributed by atoms with Gasteiger partial charge in [-0.3, -0.25) is 0 Å². The van der Waals surface area contributed by atoms with Gasteiger partial charge in [-0.05, 0) is 69.5 Å². The van der Waals surface area contributed by atoms with Crippen molar-refractivity contribution in [3.8, 4) is 0 Å². The van der Waals surface area contributed by atoms with E-state index in [1.165, 1.54) is 58.3 Å². The van der Waals surface area contributed by atoms with Crippen molar-refractivity contribution in [2.24, 2.45) is 17.8 Å². The summed E-state index contributed by atoms with van der Waals surface area (Å²) in [4.78, 5) is 2.83. The van der Waals surface area contributed by atoms with E-state index in [4.69, 9.17) is 0 Å². The lowest BCUT2D eigenvalue weighted by molar-refractivity contribution is 0.119. The second-order valence-electron chi connectivity index (χ2n) is 7.60. The summed E-state index contributed by atoms with van der Waals surface area (Å²) in [6.45, 7) is 16.9. The summed E-state index contributed by atoms with van der Waals surface area (Å²) in [6, 6.07) is 0.796. The van der Waals surface area contributed by atoms with Crippen molar-refractivity contribution in [3.63, 3.8) is 0 Å². The van der Waals surface area contributed by atoms with E-state index in [-0.39, 0.29) is 0 Å². The fourth-order valence-electron chi connectivity index (χ4n) is 3.59. The van der Waals surface area contributed by atoms with Crippen molar-refractivity contribution in [1.82, 2.24) is 10.2 Å². The molecule has 1 N–H and O–H groups in total. The number of nitrogens with one attached hydrogen (secondary N) is 1. The molecule has 1 aliphatic rings. The number of nitrogens with zero attached hydrogens (tertiary/aromatic N) is 1. The Morgan fingerprint density at radius 3 is 2.00 bits per heavy atom. The Balaban J connectivity index is 2.61. The molecule has 0 atom stereocenters. The lowest BCUT2D eigenvalue weighted by atomic mass is 9.91.